The van der Waals surface area contributed by atoms with E-state index in [2.05, 4.69) is 15.3 Å². The van der Waals surface area contributed by atoms with Crippen molar-refractivity contribution in [3.63, 3.8) is 0 Å². The highest BCUT2D eigenvalue weighted by Crippen LogP contribution is 2.23. The Morgan fingerprint density at radius 2 is 2.00 bits per heavy atom. The van der Waals surface area contributed by atoms with Gasteiger partial charge in [-0.25, -0.2) is 4.98 Å². The Kier molecular flexibility index (Phi) is 2.78. The van der Waals surface area contributed by atoms with E-state index >= 15 is 0 Å². The van der Waals surface area contributed by atoms with E-state index in [1.807, 2.05) is 12.1 Å². The molecule has 15 heavy (non-hydrogen) atoms. The van der Waals surface area contributed by atoms with Crippen LogP contribution in [0.3, 0.4) is 0 Å². The number of anilines is 2. The molecule has 1 aromatic heterocycles. The van der Waals surface area contributed by atoms with Crippen molar-refractivity contribution < 1.29 is 4.39 Å². The number of para-hydroxylation sites is 1. The zero-order valence-corrected chi connectivity index (χ0v) is 8.37. The van der Waals surface area contributed by atoms with Gasteiger partial charge in [0.1, 0.15) is 5.82 Å². The summed E-state index contributed by atoms with van der Waals surface area (Å²) in [5, 5.41) is 3.44. The van der Waals surface area contributed by atoms with E-state index < -0.39 is 6.08 Å². The molecule has 0 bridgehead atoms. The van der Waals surface area contributed by atoms with E-state index in [-0.39, 0.29) is 0 Å². The van der Waals surface area contributed by atoms with E-state index in [1.54, 1.807) is 18.2 Å². The third kappa shape index (κ3) is 2.41. The minimum Gasteiger partial charge on any atom is -0.339 e. The lowest BCUT2D eigenvalue weighted by atomic mass is 10.3. The van der Waals surface area contributed by atoms with Gasteiger partial charge in [0, 0.05) is 6.20 Å². The lowest BCUT2D eigenvalue weighted by Gasteiger charge is -2.06. The molecule has 0 saturated heterocycles. The largest absolute Gasteiger partial charge is 0.339 e. The first-order valence-corrected chi connectivity index (χ1v) is 4.63. The zero-order valence-electron chi connectivity index (χ0n) is 7.61. The van der Waals surface area contributed by atoms with Crippen LogP contribution in [0.5, 0.6) is 0 Å². The first-order valence-electron chi connectivity index (χ1n) is 4.26. The maximum atomic E-state index is 12.7. The predicted octanol–water partition coefficient (Wildman–Crippen LogP) is 3.01. The van der Waals surface area contributed by atoms with Crippen molar-refractivity contribution in [3.8, 4) is 0 Å². The van der Waals surface area contributed by atoms with E-state index in [1.165, 1.54) is 6.20 Å². The SMILES string of the molecule is Fc1nccc(Nc2ccccc2Cl)n1. The predicted molar refractivity (Wildman–Crippen MR) is 56.7 cm³/mol. The molecule has 0 aliphatic carbocycles. The molecule has 0 radical (unpaired) electrons. The molecule has 0 fully saturated rings. The highest BCUT2D eigenvalue weighted by molar-refractivity contribution is 6.33. The summed E-state index contributed by atoms with van der Waals surface area (Å²) in [6.45, 7) is 0. The number of hydrogen-bond donors (Lipinski definition) is 1. The third-order valence-corrected chi connectivity index (χ3v) is 2.09. The Morgan fingerprint density at radius 3 is 2.73 bits per heavy atom. The third-order valence-electron chi connectivity index (χ3n) is 1.76. The second kappa shape index (κ2) is 4.23. The second-order valence-corrected chi connectivity index (χ2v) is 3.22. The van der Waals surface area contributed by atoms with Crippen molar-refractivity contribution in [2.24, 2.45) is 0 Å². The standard InChI is InChI=1S/C10H7ClFN3/c11-7-3-1-2-4-8(7)14-9-5-6-13-10(12)15-9/h1-6H,(H,13,14,15). The van der Waals surface area contributed by atoms with Gasteiger partial charge >= 0.3 is 6.08 Å². The fraction of sp³-hybridized carbons (Fsp3) is 0. The Hall–Kier alpha value is -1.68. The zero-order chi connectivity index (χ0) is 10.7. The summed E-state index contributed by atoms with van der Waals surface area (Å²) >= 11 is 5.91. The maximum absolute atomic E-state index is 12.7. The summed E-state index contributed by atoms with van der Waals surface area (Å²) in [4.78, 5) is 6.92. The molecule has 1 heterocycles. The van der Waals surface area contributed by atoms with Crippen molar-refractivity contribution in [3.05, 3.63) is 47.6 Å². The van der Waals surface area contributed by atoms with Gasteiger partial charge in [-0.3, -0.25) is 0 Å². The van der Waals surface area contributed by atoms with Gasteiger partial charge in [-0.2, -0.15) is 9.37 Å². The summed E-state index contributed by atoms with van der Waals surface area (Å²) in [6.07, 6.45) is 0.564. The fourth-order valence-corrected chi connectivity index (χ4v) is 1.29. The van der Waals surface area contributed by atoms with Gasteiger partial charge in [0.15, 0.2) is 0 Å². The van der Waals surface area contributed by atoms with Crippen LogP contribution >= 0.6 is 11.6 Å². The molecule has 0 aliphatic rings. The van der Waals surface area contributed by atoms with E-state index in [0.717, 1.165) is 0 Å². The summed E-state index contributed by atoms with van der Waals surface area (Å²) < 4.78 is 12.7. The molecule has 2 rings (SSSR count). The monoisotopic (exact) mass is 223 g/mol. The van der Waals surface area contributed by atoms with Crippen LogP contribution in [0.15, 0.2) is 36.5 Å². The molecule has 0 saturated carbocycles. The molecule has 0 spiro atoms. The van der Waals surface area contributed by atoms with Crippen LogP contribution in [-0.2, 0) is 0 Å². The van der Waals surface area contributed by atoms with Crippen LogP contribution in [0.4, 0.5) is 15.9 Å². The van der Waals surface area contributed by atoms with Gasteiger partial charge in [-0.05, 0) is 18.2 Å². The van der Waals surface area contributed by atoms with Crippen LogP contribution in [0.2, 0.25) is 5.02 Å². The molecule has 0 atom stereocenters. The smallest absolute Gasteiger partial charge is 0.310 e. The molecule has 0 aliphatic heterocycles. The van der Waals surface area contributed by atoms with Crippen molar-refractivity contribution in [2.75, 3.05) is 5.32 Å². The molecule has 1 aromatic carbocycles. The van der Waals surface area contributed by atoms with Gasteiger partial charge in [0.25, 0.3) is 0 Å². The first-order chi connectivity index (χ1) is 7.25. The summed E-state index contributed by atoms with van der Waals surface area (Å²) in [5.74, 6) is 0.371. The molecular formula is C10H7ClFN3. The van der Waals surface area contributed by atoms with Crippen LogP contribution in [0.1, 0.15) is 0 Å². The Labute approximate surface area is 90.9 Å². The van der Waals surface area contributed by atoms with Crippen molar-refractivity contribution >= 4 is 23.1 Å². The summed E-state index contributed by atoms with van der Waals surface area (Å²) in [7, 11) is 0. The number of nitrogens with zero attached hydrogens (tertiary/aromatic N) is 2. The molecule has 5 heteroatoms. The minimum absolute atomic E-state index is 0.371. The lowest BCUT2D eigenvalue weighted by Crippen LogP contribution is -1.97. The summed E-state index contributed by atoms with van der Waals surface area (Å²) in [5.41, 5.74) is 0.678. The second-order valence-electron chi connectivity index (χ2n) is 2.82. The quantitative estimate of drug-likeness (QED) is 0.796. The van der Waals surface area contributed by atoms with E-state index in [4.69, 9.17) is 11.6 Å². The van der Waals surface area contributed by atoms with Gasteiger partial charge in [-0.15, -0.1) is 0 Å². The molecule has 3 nitrogen and oxygen atoms in total. The van der Waals surface area contributed by atoms with Crippen LogP contribution in [-0.4, -0.2) is 9.97 Å². The van der Waals surface area contributed by atoms with Crippen LogP contribution in [0.25, 0.3) is 0 Å². The molecule has 0 amide bonds. The van der Waals surface area contributed by atoms with Crippen molar-refractivity contribution in [1.82, 2.24) is 9.97 Å². The number of hydrogen-bond acceptors (Lipinski definition) is 3. The average Bonchev–Trinajstić information content (AvgIpc) is 2.22. The van der Waals surface area contributed by atoms with Crippen LogP contribution in [0, 0.1) is 6.08 Å². The molecule has 76 valence electrons. The summed E-state index contributed by atoms with van der Waals surface area (Å²) in [6, 6.07) is 8.72. The number of halogens is 2. The highest BCUT2D eigenvalue weighted by Gasteiger charge is 2.01. The minimum atomic E-state index is -0.771. The molecule has 2 aromatic rings. The van der Waals surface area contributed by atoms with Gasteiger partial charge < -0.3 is 5.32 Å². The number of aromatic nitrogens is 2. The van der Waals surface area contributed by atoms with E-state index in [0.29, 0.717) is 16.5 Å². The average molecular weight is 224 g/mol. The lowest BCUT2D eigenvalue weighted by molar-refractivity contribution is 0.540. The van der Waals surface area contributed by atoms with Crippen LogP contribution < -0.4 is 5.32 Å². The van der Waals surface area contributed by atoms with Crippen molar-refractivity contribution in [1.29, 1.82) is 0 Å². The molecule has 0 unspecified atom stereocenters. The molecule has 1 N–H and O–H groups in total. The number of nitrogens with one attached hydrogen (secondary N) is 1. The Morgan fingerprint density at radius 1 is 1.20 bits per heavy atom. The Bertz CT molecular complexity index is 476. The number of rotatable bonds is 2. The highest BCUT2D eigenvalue weighted by atomic mass is 35.5. The fourth-order valence-electron chi connectivity index (χ4n) is 1.11. The molecular weight excluding hydrogens is 217 g/mol. The Balaban J connectivity index is 2.26. The van der Waals surface area contributed by atoms with Gasteiger partial charge in [0.05, 0.1) is 10.7 Å². The van der Waals surface area contributed by atoms with Gasteiger partial charge in [0.2, 0.25) is 0 Å². The van der Waals surface area contributed by atoms with E-state index in [9.17, 15) is 4.39 Å². The van der Waals surface area contributed by atoms with Crippen molar-refractivity contribution in [2.45, 2.75) is 0 Å². The number of benzene rings is 1. The first kappa shape index (κ1) is 9.86. The maximum Gasteiger partial charge on any atom is 0.310 e. The normalized spacial score (nSPS) is 10.0. The van der Waals surface area contributed by atoms with Gasteiger partial charge in [-0.1, -0.05) is 23.7 Å². The topological polar surface area (TPSA) is 37.8 Å².